The Balaban J connectivity index is 3.51. The molecule has 0 heterocycles. The lowest BCUT2D eigenvalue weighted by molar-refractivity contribution is 0.397. The summed E-state index contributed by atoms with van der Waals surface area (Å²) in [5, 5.41) is 0. The first-order valence-electron chi connectivity index (χ1n) is 3.81. The number of methoxy groups -OCH3 is 1. The molecule has 0 atom stereocenters. The molecule has 0 aliphatic rings. The van der Waals surface area contributed by atoms with Gasteiger partial charge in [-0.25, -0.2) is 0 Å². The van der Waals surface area contributed by atoms with Crippen LogP contribution in [0.25, 0.3) is 0 Å². The Morgan fingerprint density at radius 2 is 2.00 bits per heavy atom. The van der Waals surface area contributed by atoms with E-state index in [1.54, 1.807) is 0 Å². The van der Waals surface area contributed by atoms with Gasteiger partial charge in [0.05, 0.1) is 12.8 Å². The number of rotatable bonds is 3. The van der Waals surface area contributed by atoms with Crippen LogP contribution in [0.1, 0.15) is 0 Å². The van der Waals surface area contributed by atoms with Gasteiger partial charge in [-0.15, -0.1) is 4.36 Å². The summed E-state index contributed by atoms with van der Waals surface area (Å²) >= 11 is 0. The van der Waals surface area contributed by atoms with Gasteiger partial charge in [0.15, 0.2) is 0 Å². The predicted molar refractivity (Wildman–Crippen MR) is 53.8 cm³/mol. The molecule has 0 radical (unpaired) electrons. The third kappa shape index (κ3) is 3.02. The molecule has 0 unspecified atom stereocenters. The molecule has 0 fully saturated rings. The Kier molecular flexibility index (Phi) is 3.62. The molecule has 0 amide bonds. The molecule has 1 aromatic rings. The second kappa shape index (κ2) is 4.60. The number of hydrogen-bond acceptors (Lipinski definition) is 6. The predicted octanol–water partition coefficient (Wildman–Crippen LogP) is 0.636. The average Bonchev–Trinajstić information content (AvgIpc) is 2.15. The number of nitrogens with zero attached hydrogens (tertiary/aromatic N) is 1. The molecule has 7 nitrogen and oxygen atoms in total. The first kappa shape index (κ1) is 12.6. The van der Waals surface area contributed by atoms with Crippen molar-refractivity contribution >= 4 is 26.3 Å². The van der Waals surface area contributed by atoms with Crippen LogP contribution in [0.4, 0.5) is 5.69 Å². The van der Waals surface area contributed by atoms with Gasteiger partial charge in [0.2, 0.25) is 0 Å². The maximum absolute atomic E-state index is 10.9. The van der Waals surface area contributed by atoms with Gasteiger partial charge in [-0.3, -0.25) is 4.55 Å². The Bertz CT molecular complexity index is 623. The molecule has 0 aliphatic heterocycles. The van der Waals surface area contributed by atoms with Crippen LogP contribution in [0.2, 0.25) is 0 Å². The first-order valence-corrected chi connectivity index (χ1v) is 6.28. The lowest BCUT2D eigenvalue weighted by Gasteiger charge is -2.05. The lowest BCUT2D eigenvalue weighted by Crippen LogP contribution is -2.00. The average molecular weight is 265 g/mol. The van der Waals surface area contributed by atoms with E-state index in [9.17, 15) is 16.8 Å². The van der Waals surface area contributed by atoms with Crippen molar-refractivity contribution in [1.29, 1.82) is 0 Å². The van der Waals surface area contributed by atoms with Crippen LogP contribution in [-0.4, -0.2) is 28.5 Å². The van der Waals surface area contributed by atoms with E-state index in [1.165, 1.54) is 19.2 Å². The minimum Gasteiger partial charge on any atom is -0.495 e. The third-order valence-electron chi connectivity index (χ3n) is 1.61. The number of ether oxygens (including phenoxy) is 1. The van der Waals surface area contributed by atoms with E-state index < -0.39 is 25.5 Å². The highest BCUT2D eigenvalue weighted by atomic mass is 32.2. The van der Waals surface area contributed by atoms with Crippen LogP contribution < -0.4 is 4.74 Å². The molecule has 0 spiro atoms. The molecule has 0 aliphatic carbocycles. The highest BCUT2D eigenvalue weighted by Gasteiger charge is 2.16. The van der Waals surface area contributed by atoms with Crippen molar-refractivity contribution in [2.45, 2.75) is 4.90 Å². The Morgan fingerprint density at radius 1 is 1.38 bits per heavy atom. The summed E-state index contributed by atoms with van der Waals surface area (Å²) in [6, 6.07) is 3.32. The molecule has 16 heavy (non-hydrogen) atoms. The molecule has 0 saturated heterocycles. The molecule has 1 aromatic carbocycles. The molecule has 1 rings (SSSR count). The second-order valence-electron chi connectivity index (χ2n) is 2.62. The Labute approximate surface area is 93.1 Å². The van der Waals surface area contributed by atoms with E-state index in [2.05, 4.69) is 4.36 Å². The summed E-state index contributed by atoms with van der Waals surface area (Å²) < 4.78 is 59.1. The third-order valence-corrected chi connectivity index (χ3v) is 2.84. The minimum absolute atomic E-state index is 0.0990. The van der Waals surface area contributed by atoms with Crippen molar-refractivity contribution in [1.82, 2.24) is 0 Å². The fourth-order valence-corrected chi connectivity index (χ4v) is 1.97. The van der Waals surface area contributed by atoms with Crippen LogP contribution in [0.5, 0.6) is 5.75 Å². The summed E-state index contributed by atoms with van der Waals surface area (Å²) in [5.41, 5.74) is -0.123. The van der Waals surface area contributed by atoms with Gasteiger partial charge in [-0.05, 0) is 18.2 Å². The summed E-state index contributed by atoms with van der Waals surface area (Å²) in [6.45, 7) is 0. The zero-order valence-electron chi connectivity index (χ0n) is 7.98. The van der Waals surface area contributed by atoms with Crippen LogP contribution >= 0.6 is 0 Å². The smallest absolute Gasteiger partial charge is 0.316 e. The van der Waals surface area contributed by atoms with Crippen molar-refractivity contribution < 1.29 is 26.1 Å². The maximum Gasteiger partial charge on any atom is 0.316 e. The van der Waals surface area contributed by atoms with Gasteiger partial charge in [0.25, 0.3) is 10.1 Å². The van der Waals surface area contributed by atoms with Gasteiger partial charge >= 0.3 is 10.5 Å². The number of hydrogen-bond donors (Lipinski definition) is 1. The highest BCUT2D eigenvalue weighted by Crippen LogP contribution is 2.27. The summed E-state index contributed by atoms with van der Waals surface area (Å²) in [5.74, 6) is -0.0990. The minimum atomic E-state index is -4.49. The van der Waals surface area contributed by atoms with Crippen molar-refractivity contribution in [2.24, 2.45) is 4.36 Å². The molecule has 0 saturated carbocycles. The Morgan fingerprint density at radius 3 is 2.44 bits per heavy atom. The van der Waals surface area contributed by atoms with Gasteiger partial charge in [-0.2, -0.15) is 16.8 Å². The molecule has 1 N–H and O–H groups in total. The second-order valence-corrected chi connectivity index (χ2v) is 4.63. The first-order chi connectivity index (χ1) is 7.34. The van der Waals surface area contributed by atoms with E-state index in [0.717, 1.165) is 6.07 Å². The van der Waals surface area contributed by atoms with Gasteiger partial charge in [0, 0.05) is 0 Å². The topological polar surface area (TPSA) is 110 Å². The quantitative estimate of drug-likeness (QED) is 0.803. The van der Waals surface area contributed by atoms with Gasteiger partial charge in [0.1, 0.15) is 10.6 Å². The normalized spacial score (nSPS) is 10.9. The SMILES string of the molecule is COc1ccc(N=S(=O)=O)cc1S(=O)(=O)O. The summed E-state index contributed by atoms with van der Waals surface area (Å²) in [7, 11) is -5.98. The fraction of sp³-hybridized carbons (Fsp3) is 0.143. The molecule has 9 heteroatoms. The van der Waals surface area contributed by atoms with Gasteiger partial charge < -0.3 is 4.74 Å². The fourth-order valence-electron chi connectivity index (χ4n) is 1.01. The van der Waals surface area contributed by atoms with Crippen LogP contribution in [0.15, 0.2) is 27.5 Å². The summed E-state index contributed by atoms with van der Waals surface area (Å²) in [4.78, 5) is -0.540. The van der Waals surface area contributed by atoms with Crippen molar-refractivity contribution in [3.63, 3.8) is 0 Å². The standard InChI is InChI=1S/C7H7NO6S2/c1-14-6-3-2-5(8-15(9)10)4-7(6)16(11,12)13/h2-4H,1H3,(H,11,12,13). The van der Waals surface area contributed by atoms with Gasteiger partial charge in [-0.1, -0.05) is 0 Å². The maximum atomic E-state index is 10.9. The van der Waals surface area contributed by atoms with E-state index >= 15 is 0 Å². The van der Waals surface area contributed by atoms with Crippen LogP contribution in [-0.2, 0) is 20.6 Å². The van der Waals surface area contributed by atoms with Crippen molar-refractivity contribution in [3.05, 3.63) is 18.2 Å². The number of benzene rings is 1. The zero-order chi connectivity index (χ0) is 12.3. The largest absolute Gasteiger partial charge is 0.495 e. The van der Waals surface area contributed by atoms with Crippen molar-refractivity contribution in [2.75, 3.05) is 7.11 Å². The molecule has 0 aromatic heterocycles. The molecule has 0 bridgehead atoms. The molecular formula is C7H7NO6S2. The lowest BCUT2D eigenvalue weighted by atomic mass is 10.3. The molecule has 88 valence electrons. The van der Waals surface area contributed by atoms with Crippen LogP contribution in [0.3, 0.4) is 0 Å². The summed E-state index contributed by atoms with van der Waals surface area (Å²) in [6.07, 6.45) is 0. The van der Waals surface area contributed by atoms with E-state index in [4.69, 9.17) is 9.29 Å². The molecular weight excluding hydrogens is 258 g/mol. The van der Waals surface area contributed by atoms with Crippen LogP contribution in [0, 0.1) is 0 Å². The zero-order valence-corrected chi connectivity index (χ0v) is 9.62. The van der Waals surface area contributed by atoms with E-state index in [1.807, 2.05) is 0 Å². The van der Waals surface area contributed by atoms with E-state index in [-0.39, 0.29) is 11.4 Å². The highest BCUT2D eigenvalue weighted by molar-refractivity contribution is 7.86. The Hall–Kier alpha value is -1.45. The van der Waals surface area contributed by atoms with E-state index in [0.29, 0.717) is 0 Å². The van der Waals surface area contributed by atoms with Crippen molar-refractivity contribution in [3.8, 4) is 5.75 Å². The monoisotopic (exact) mass is 265 g/mol.